The molecule has 0 amide bonds. The molecule has 0 saturated carbocycles. The molecule has 0 aliphatic carbocycles. The van der Waals surface area contributed by atoms with Gasteiger partial charge in [0.05, 0.1) is 6.42 Å². The molecule has 0 saturated heterocycles. The first-order valence-electron chi connectivity index (χ1n) is 12.4. The van der Waals surface area contributed by atoms with Crippen LogP contribution in [0.3, 0.4) is 0 Å². The monoisotopic (exact) mass is 483 g/mol. The van der Waals surface area contributed by atoms with E-state index in [1.807, 2.05) is 39.0 Å². The van der Waals surface area contributed by atoms with Gasteiger partial charge in [-0.05, 0) is 57.5 Å². The van der Waals surface area contributed by atoms with E-state index >= 15 is 0 Å². The molecule has 1 rings (SSSR count). The summed E-state index contributed by atoms with van der Waals surface area (Å²) >= 11 is 0. The van der Waals surface area contributed by atoms with Crippen LogP contribution in [0.4, 0.5) is 5.69 Å². The summed E-state index contributed by atoms with van der Waals surface area (Å²) < 4.78 is 24.0. The number of hydrogen-bond donors (Lipinski definition) is 0. The lowest BCUT2D eigenvalue weighted by Gasteiger charge is -2.31. The van der Waals surface area contributed by atoms with Gasteiger partial charge in [0.2, 0.25) is 0 Å². The molecule has 0 unspecified atom stereocenters. The first-order valence-corrected chi connectivity index (χ1v) is 16.8. The van der Waals surface area contributed by atoms with Gasteiger partial charge in [-0.3, -0.25) is 4.79 Å². The zero-order valence-corrected chi connectivity index (χ0v) is 23.2. The van der Waals surface area contributed by atoms with E-state index in [1.54, 1.807) is 0 Å². The van der Waals surface area contributed by atoms with Crippen molar-refractivity contribution in [2.75, 3.05) is 37.8 Å². The summed E-state index contributed by atoms with van der Waals surface area (Å²) in [5.74, 6) is -0.0650. The highest BCUT2D eigenvalue weighted by atomic mass is 28.4. The number of carbonyl (C=O) groups is 1. The molecule has 0 radical (unpaired) electrons. The quantitative estimate of drug-likeness (QED) is 0.243. The minimum Gasteiger partial charge on any atom is -0.519 e. The second kappa shape index (κ2) is 15.6. The van der Waals surface area contributed by atoms with Gasteiger partial charge in [0.15, 0.2) is 0 Å². The molecule has 1 aromatic rings. The van der Waals surface area contributed by atoms with E-state index in [0.717, 1.165) is 42.8 Å². The van der Waals surface area contributed by atoms with Crippen molar-refractivity contribution in [1.29, 1.82) is 0 Å². The Morgan fingerprint density at radius 1 is 0.812 bits per heavy atom. The Labute approximate surface area is 198 Å². The van der Waals surface area contributed by atoms with E-state index in [-0.39, 0.29) is 5.97 Å². The summed E-state index contributed by atoms with van der Waals surface area (Å²) in [6.45, 7) is 15.6. The Hall–Kier alpha value is -1.20. The molecule has 0 aliphatic heterocycles. The molecule has 0 atom stereocenters. The summed E-state index contributed by atoms with van der Waals surface area (Å²) in [6, 6.07) is 13.9. The summed E-state index contributed by atoms with van der Waals surface area (Å²) in [5, 5.41) is 0. The number of anilines is 1. The minimum atomic E-state index is -2.67. The maximum Gasteiger partial charge on any atom is 0.500 e. The van der Waals surface area contributed by atoms with Gasteiger partial charge >= 0.3 is 8.80 Å². The standard InChI is InChI=1S/C24H45NO5Si2/c1-7-27-32(28-8-2,29-9-3)22-16-20-25(23-17-14-13-15-18-23)21-19-24(26)30-31(10-4,11-5)12-6/h13-15,17-18H,7-12,16,19-22H2,1-6H3. The first kappa shape index (κ1) is 28.8. The van der Waals surface area contributed by atoms with Crippen LogP contribution in [0.2, 0.25) is 24.2 Å². The summed E-state index contributed by atoms with van der Waals surface area (Å²) in [4.78, 5) is 15.0. The van der Waals surface area contributed by atoms with Crippen LogP contribution in [-0.4, -0.2) is 56.0 Å². The summed E-state index contributed by atoms with van der Waals surface area (Å²) in [7, 11) is -4.59. The lowest BCUT2D eigenvalue weighted by molar-refractivity contribution is -0.135. The number of nitrogens with zero attached hydrogens (tertiary/aromatic N) is 1. The van der Waals surface area contributed by atoms with Crippen molar-refractivity contribution in [2.24, 2.45) is 0 Å². The largest absolute Gasteiger partial charge is 0.519 e. The molecular weight excluding hydrogens is 438 g/mol. The topological polar surface area (TPSA) is 57.2 Å². The SMILES string of the molecule is CCO[Si](CCCN(CCC(=O)O[Si](CC)(CC)CC)c1ccccc1)(OCC)OCC. The Morgan fingerprint density at radius 3 is 1.81 bits per heavy atom. The fourth-order valence-electron chi connectivity index (χ4n) is 3.98. The highest BCUT2D eigenvalue weighted by Gasteiger charge is 2.39. The van der Waals surface area contributed by atoms with E-state index in [9.17, 15) is 4.79 Å². The molecule has 32 heavy (non-hydrogen) atoms. The average Bonchev–Trinajstić information content (AvgIpc) is 2.81. The van der Waals surface area contributed by atoms with Crippen molar-refractivity contribution in [3.8, 4) is 0 Å². The average molecular weight is 484 g/mol. The van der Waals surface area contributed by atoms with E-state index in [1.165, 1.54) is 0 Å². The first-order chi connectivity index (χ1) is 15.4. The predicted octanol–water partition coefficient (Wildman–Crippen LogP) is 5.87. The van der Waals surface area contributed by atoms with Gasteiger partial charge in [-0.2, -0.15) is 0 Å². The van der Waals surface area contributed by atoms with Crippen LogP contribution in [0, 0.1) is 0 Å². The van der Waals surface area contributed by atoms with Gasteiger partial charge < -0.3 is 22.6 Å². The summed E-state index contributed by atoms with van der Waals surface area (Å²) in [5.41, 5.74) is 1.11. The van der Waals surface area contributed by atoms with Crippen molar-refractivity contribution in [3.63, 3.8) is 0 Å². The summed E-state index contributed by atoms with van der Waals surface area (Å²) in [6.07, 6.45) is 1.27. The third-order valence-corrected chi connectivity index (χ3v) is 13.7. The number of para-hydroxylation sites is 1. The van der Waals surface area contributed by atoms with Crippen molar-refractivity contribution >= 4 is 28.8 Å². The van der Waals surface area contributed by atoms with Gasteiger partial charge in [-0.25, -0.2) is 0 Å². The van der Waals surface area contributed by atoms with Crippen LogP contribution in [0.5, 0.6) is 0 Å². The van der Waals surface area contributed by atoms with Crippen molar-refractivity contribution in [1.82, 2.24) is 0 Å². The molecule has 0 spiro atoms. The number of hydrogen-bond acceptors (Lipinski definition) is 6. The molecule has 1 aromatic carbocycles. The van der Waals surface area contributed by atoms with E-state index in [0.29, 0.717) is 32.8 Å². The van der Waals surface area contributed by atoms with Gasteiger partial charge in [-0.15, -0.1) is 0 Å². The Balaban J connectivity index is 2.80. The molecule has 6 nitrogen and oxygen atoms in total. The van der Waals surface area contributed by atoms with Crippen LogP contribution < -0.4 is 4.90 Å². The maximum atomic E-state index is 12.7. The number of rotatable bonds is 18. The molecule has 0 heterocycles. The molecular formula is C24H45NO5Si2. The number of carbonyl (C=O) groups excluding carboxylic acids is 1. The van der Waals surface area contributed by atoms with E-state index in [4.69, 9.17) is 17.7 Å². The van der Waals surface area contributed by atoms with Crippen LogP contribution in [-0.2, 0) is 22.5 Å². The fraction of sp³-hybridized carbons (Fsp3) is 0.708. The predicted molar refractivity (Wildman–Crippen MR) is 137 cm³/mol. The third kappa shape index (κ3) is 9.35. The van der Waals surface area contributed by atoms with Crippen LogP contribution in [0.1, 0.15) is 54.4 Å². The van der Waals surface area contributed by atoms with Crippen molar-refractivity contribution in [3.05, 3.63) is 30.3 Å². The Morgan fingerprint density at radius 2 is 1.34 bits per heavy atom. The van der Waals surface area contributed by atoms with Crippen molar-refractivity contribution < 1.29 is 22.5 Å². The smallest absolute Gasteiger partial charge is 0.500 e. The Bertz CT molecular complexity index is 603. The maximum absolute atomic E-state index is 12.7. The molecule has 184 valence electrons. The van der Waals surface area contributed by atoms with Gasteiger partial charge in [0.25, 0.3) is 14.3 Å². The van der Waals surface area contributed by atoms with E-state index in [2.05, 4.69) is 37.8 Å². The molecule has 0 bridgehead atoms. The fourth-order valence-corrected chi connectivity index (χ4v) is 9.09. The van der Waals surface area contributed by atoms with Crippen LogP contribution >= 0.6 is 0 Å². The molecule has 0 aliphatic rings. The lowest BCUT2D eigenvalue weighted by atomic mass is 10.2. The molecule has 0 N–H and O–H groups in total. The molecule has 8 heteroatoms. The zero-order chi connectivity index (χ0) is 23.9. The second-order valence-corrected chi connectivity index (χ2v) is 15.3. The lowest BCUT2D eigenvalue weighted by Crippen LogP contribution is -2.46. The normalized spacial score (nSPS) is 12.1. The van der Waals surface area contributed by atoms with E-state index < -0.39 is 17.1 Å². The second-order valence-electron chi connectivity index (χ2n) is 7.88. The highest BCUT2D eigenvalue weighted by molar-refractivity contribution is 6.74. The van der Waals surface area contributed by atoms with Crippen LogP contribution in [0.25, 0.3) is 0 Å². The minimum absolute atomic E-state index is 0.0650. The van der Waals surface area contributed by atoms with Gasteiger partial charge in [0, 0.05) is 44.6 Å². The van der Waals surface area contributed by atoms with Crippen LogP contribution in [0.15, 0.2) is 30.3 Å². The van der Waals surface area contributed by atoms with Gasteiger partial charge in [-0.1, -0.05) is 39.0 Å². The van der Waals surface area contributed by atoms with Gasteiger partial charge in [0.1, 0.15) is 0 Å². The van der Waals surface area contributed by atoms with Crippen molar-refractivity contribution in [2.45, 2.75) is 78.6 Å². The Kier molecular flexibility index (Phi) is 14.1. The third-order valence-electron chi connectivity index (χ3n) is 5.97. The molecule has 0 aromatic heterocycles. The zero-order valence-electron chi connectivity index (χ0n) is 21.2. The highest BCUT2D eigenvalue weighted by Crippen LogP contribution is 2.24. The number of benzene rings is 1. The molecule has 0 fully saturated rings.